The van der Waals surface area contributed by atoms with E-state index in [-0.39, 0.29) is 38.7 Å². The Bertz CT molecular complexity index is 1340. The van der Waals surface area contributed by atoms with E-state index in [9.17, 15) is 9.59 Å². The smallest absolute Gasteiger partial charge is 0.363 e. The lowest BCUT2D eigenvalue weighted by Gasteiger charge is -2.12. The minimum Gasteiger partial charge on any atom is -0.493 e. The second kappa shape index (κ2) is 9.79. The molecule has 0 atom stereocenters. The molecule has 0 bridgehead atoms. The van der Waals surface area contributed by atoms with Crippen molar-refractivity contribution in [2.45, 2.75) is 0 Å². The van der Waals surface area contributed by atoms with Crippen molar-refractivity contribution in [2.24, 2.45) is 4.99 Å². The average Bonchev–Trinajstić information content (AvgIpc) is 3.15. The Balaban J connectivity index is 1.65. The van der Waals surface area contributed by atoms with Crippen LogP contribution in [0, 0.1) is 0 Å². The second-order valence-corrected chi connectivity index (χ2v) is 8.39. The van der Waals surface area contributed by atoms with Crippen LogP contribution in [0.15, 0.2) is 75.8 Å². The molecule has 3 aromatic carbocycles. The minimum atomic E-state index is -0.686. The number of carbonyl (C=O) groups excluding carboxylic acids is 2. The number of carbonyl (C=O) groups is 2. The zero-order valence-corrected chi connectivity index (χ0v) is 20.1. The van der Waals surface area contributed by atoms with Gasteiger partial charge in [-0.15, -0.1) is 0 Å². The Kier molecular flexibility index (Phi) is 6.83. The third-order valence-electron chi connectivity index (χ3n) is 4.57. The summed E-state index contributed by atoms with van der Waals surface area (Å²) in [4.78, 5) is 29.2. The molecule has 0 saturated carbocycles. The molecule has 6 nitrogen and oxygen atoms in total. The molecule has 0 fully saturated rings. The van der Waals surface area contributed by atoms with Crippen LogP contribution in [0.1, 0.15) is 21.5 Å². The number of benzene rings is 3. The largest absolute Gasteiger partial charge is 0.493 e. The number of rotatable bonds is 5. The maximum absolute atomic E-state index is 12.5. The summed E-state index contributed by atoms with van der Waals surface area (Å²) in [5.41, 5.74) is 1.41. The summed E-state index contributed by atoms with van der Waals surface area (Å²) in [6, 6.07) is 16.8. The lowest BCUT2D eigenvalue weighted by atomic mass is 10.1. The molecule has 1 heterocycles. The predicted octanol–water partition coefficient (Wildman–Crippen LogP) is 6.33. The van der Waals surface area contributed by atoms with Crippen molar-refractivity contribution in [3.8, 4) is 11.5 Å². The van der Waals surface area contributed by atoms with Crippen LogP contribution in [0.3, 0.4) is 0 Å². The summed E-state index contributed by atoms with van der Waals surface area (Å²) >= 11 is 15.9. The van der Waals surface area contributed by atoms with E-state index in [4.69, 9.17) is 37.4 Å². The Morgan fingerprint density at radius 2 is 1.79 bits per heavy atom. The van der Waals surface area contributed by atoms with Crippen molar-refractivity contribution in [3.05, 3.63) is 97.6 Å². The van der Waals surface area contributed by atoms with Gasteiger partial charge in [0.2, 0.25) is 5.90 Å². The third kappa shape index (κ3) is 4.95. The summed E-state index contributed by atoms with van der Waals surface area (Å²) in [6.45, 7) is 0. The number of nitrogens with zero attached hydrogens (tertiary/aromatic N) is 1. The standard InChI is InChI=1S/C24H14BrCl2NO5/c1-31-20-12-13(10-18(27)21(20)32-23(29)15-7-3-5-9-17(15)26)11-19-24(30)33-22(28-19)14-6-2-4-8-16(14)25/h2-12H,1H3/b19-11-. The van der Waals surface area contributed by atoms with E-state index in [0.717, 1.165) is 4.47 Å². The highest BCUT2D eigenvalue weighted by Gasteiger charge is 2.26. The highest BCUT2D eigenvalue weighted by molar-refractivity contribution is 9.10. The van der Waals surface area contributed by atoms with Crippen molar-refractivity contribution in [1.82, 2.24) is 0 Å². The zero-order valence-electron chi connectivity index (χ0n) is 17.0. The van der Waals surface area contributed by atoms with Gasteiger partial charge in [0.1, 0.15) is 0 Å². The molecule has 3 aromatic rings. The number of aliphatic imine (C=N–C) groups is 1. The van der Waals surface area contributed by atoms with E-state index < -0.39 is 11.9 Å². The maximum atomic E-state index is 12.5. The molecular formula is C24H14BrCl2NO5. The van der Waals surface area contributed by atoms with Gasteiger partial charge < -0.3 is 14.2 Å². The number of esters is 2. The maximum Gasteiger partial charge on any atom is 0.363 e. The summed E-state index contributed by atoms with van der Waals surface area (Å²) in [5, 5.41) is 0.348. The Morgan fingerprint density at radius 1 is 1.06 bits per heavy atom. The van der Waals surface area contributed by atoms with Crippen molar-refractivity contribution in [1.29, 1.82) is 0 Å². The number of hydrogen-bond donors (Lipinski definition) is 0. The van der Waals surface area contributed by atoms with E-state index in [1.807, 2.05) is 18.2 Å². The first-order chi connectivity index (χ1) is 15.9. The molecule has 0 aromatic heterocycles. The first kappa shape index (κ1) is 23.0. The van der Waals surface area contributed by atoms with Gasteiger partial charge in [0.05, 0.1) is 28.3 Å². The van der Waals surface area contributed by atoms with E-state index in [1.165, 1.54) is 25.3 Å². The molecule has 0 aliphatic carbocycles. The molecule has 0 amide bonds. The number of halogens is 3. The van der Waals surface area contributed by atoms with Crippen molar-refractivity contribution in [2.75, 3.05) is 7.11 Å². The molecule has 9 heteroatoms. The average molecular weight is 547 g/mol. The highest BCUT2D eigenvalue weighted by Crippen LogP contribution is 2.38. The van der Waals surface area contributed by atoms with Gasteiger partial charge in [-0.2, -0.15) is 0 Å². The molecule has 1 aliphatic heterocycles. The van der Waals surface area contributed by atoms with Gasteiger partial charge in [0.15, 0.2) is 17.2 Å². The number of methoxy groups -OCH3 is 1. The van der Waals surface area contributed by atoms with Crippen LogP contribution in [0.2, 0.25) is 10.0 Å². The van der Waals surface area contributed by atoms with Gasteiger partial charge in [-0.25, -0.2) is 14.6 Å². The van der Waals surface area contributed by atoms with Gasteiger partial charge in [-0.05, 0) is 64.0 Å². The van der Waals surface area contributed by atoms with E-state index >= 15 is 0 Å². The Labute approximate surface area is 207 Å². The zero-order chi connectivity index (χ0) is 23.5. The van der Waals surface area contributed by atoms with Crippen LogP contribution in [-0.2, 0) is 9.53 Å². The number of ether oxygens (including phenoxy) is 3. The highest BCUT2D eigenvalue weighted by atomic mass is 79.9. The quantitative estimate of drug-likeness (QED) is 0.212. The van der Waals surface area contributed by atoms with Gasteiger partial charge in [0.25, 0.3) is 0 Å². The monoisotopic (exact) mass is 545 g/mol. The second-order valence-electron chi connectivity index (χ2n) is 6.72. The molecule has 0 N–H and O–H groups in total. The fourth-order valence-corrected chi connectivity index (χ4v) is 3.94. The summed E-state index contributed by atoms with van der Waals surface area (Å²) in [6.07, 6.45) is 1.50. The van der Waals surface area contributed by atoms with Crippen molar-refractivity contribution >= 4 is 63.0 Å². The fourth-order valence-electron chi connectivity index (χ4n) is 3.01. The number of cyclic esters (lactones) is 1. The van der Waals surface area contributed by atoms with Crippen LogP contribution < -0.4 is 9.47 Å². The Hall–Kier alpha value is -3.13. The molecule has 0 spiro atoms. The van der Waals surface area contributed by atoms with Gasteiger partial charge >= 0.3 is 11.9 Å². The van der Waals surface area contributed by atoms with E-state index in [1.54, 1.807) is 30.3 Å². The molecule has 4 rings (SSSR count). The van der Waals surface area contributed by atoms with Gasteiger partial charge in [-0.3, -0.25) is 0 Å². The summed E-state index contributed by atoms with van der Waals surface area (Å²) in [7, 11) is 1.41. The van der Waals surface area contributed by atoms with E-state index in [2.05, 4.69) is 20.9 Å². The first-order valence-electron chi connectivity index (χ1n) is 9.49. The molecule has 166 valence electrons. The molecular weight excluding hydrogens is 533 g/mol. The van der Waals surface area contributed by atoms with Crippen LogP contribution in [0.25, 0.3) is 6.08 Å². The van der Waals surface area contributed by atoms with Crippen LogP contribution in [0.5, 0.6) is 11.5 Å². The first-order valence-corrected chi connectivity index (χ1v) is 11.0. The Morgan fingerprint density at radius 3 is 2.52 bits per heavy atom. The van der Waals surface area contributed by atoms with Crippen LogP contribution in [0.4, 0.5) is 0 Å². The third-order valence-corrected chi connectivity index (χ3v) is 5.87. The van der Waals surface area contributed by atoms with E-state index in [0.29, 0.717) is 11.1 Å². The lowest BCUT2D eigenvalue weighted by molar-refractivity contribution is -0.129. The molecule has 0 unspecified atom stereocenters. The lowest BCUT2D eigenvalue weighted by Crippen LogP contribution is -2.10. The minimum absolute atomic E-state index is 0.0256. The molecule has 1 aliphatic rings. The van der Waals surface area contributed by atoms with Crippen molar-refractivity contribution in [3.63, 3.8) is 0 Å². The topological polar surface area (TPSA) is 74.2 Å². The predicted molar refractivity (Wildman–Crippen MR) is 129 cm³/mol. The van der Waals surface area contributed by atoms with Crippen LogP contribution >= 0.6 is 39.1 Å². The normalized spacial score (nSPS) is 14.1. The molecule has 0 saturated heterocycles. The van der Waals surface area contributed by atoms with Crippen molar-refractivity contribution < 1.29 is 23.8 Å². The summed E-state index contributed by atoms with van der Waals surface area (Å²) < 4.78 is 16.8. The number of hydrogen-bond acceptors (Lipinski definition) is 6. The molecule has 33 heavy (non-hydrogen) atoms. The van der Waals surface area contributed by atoms with Crippen LogP contribution in [-0.4, -0.2) is 24.9 Å². The SMILES string of the molecule is COc1cc(/C=C2\N=C(c3ccccc3Br)OC2=O)cc(Cl)c1OC(=O)c1ccccc1Cl. The molecule has 0 radical (unpaired) electrons. The van der Waals surface area contributed by atoms with Gasteiger partial charge in [0, 0.05) is 4.47 Å². The summed E-state index contributed by atoms with van der Waals surface area (Å²) in [5.74, 6) is -0.894. The fraction of sp³-hybridized carbons (Fsp3) is 0.0417. The van der Waals surface area contributed by atoms with Gasteiger partial charge in [-0.1, -0.05) is 47.5 Å².